The summed E-state index contributed by atoms with van der Waals surface area (Å²) in [4.78, 5) is 4.73. The first-order valence-corrected chi connectivity index (χ1v) is 10.3. The van der Waals surface area contributed by atoms with E-state index in [0.717, 1.165) is 40.4 Å². The molecule has 5 nitrogen and oxygen atoms in total. The highest BCUT2D eigenvalue weighted by Crippen LogP contribution is 2.30. The smallest absolute Gasteiger partial charge is 0.125 e. The number of hydrogen-bond acceptors (Lipinski definition) is 5. The van der Waals surface area contributed by atoms with Crippen molar-refractivity contribution in [3.05, 3.63) is 65.2 Å². The summed E-state index contributed by atoms with van der Waals surface area (Å²) in [6.07, 6.45) is 6.38. The minimum atomic E-state index is -0.00124. The molecule has 30 heavy (non-hydrogen) atoms. The number of hydrogen-bond donors (Lipinski definition) is 0. The van der Waals surface area contributed by atoms with Crippen molar-refractivity contribution >= 4 is 6.21 Å². The van der Waals surface area contributed by atoms with Crippen molar-refractivity contribution in [2.24, 2.45) is 5.16 Å². The van der Waals surface area contributed by atoms with Crippen LogP contribution in [0, 0.1) is 13.8 Å². The van der Waals surface area contributed by atoms with E-state index in [1.807, 2.05) is 76.2 Å². The maximum atomic E-state index is 6.25. The molecule has 2 unspecified atom stereocenters. The molecule has 0 fully saturated rings. The highest BCUT2D eigenvalue weighted by atomic mass is 16.6. The zero-order valence-electron chi connectivity index (χ0n) is 18.8. The summed E-state index contributed by atoms with van der Waals surface area (Å²) in [6, 6.07) is 11.8. The van der Waals surface area contributed by atoms with Crippen LogP contribution in [-0.2, 0) is 4.84 Å². The minimum Gasteiger partial charge on any atom is -0.491 e. The van der Waals surface area contributed by atoms with Crippen LogP contribution in [0.2, 0.25) is 0 Å². The lowest BCUT2D eigenvalue weighted by Crippen LogP contribution is -2.23. The molecule has 0 aliphatic heterocycles. The third kappa shape index (κ3) is 7.47. The average molecular weight is 412 g/mol. The van der Waals surface area contributed by atoms with Crippen molar-refractivity contribution in [1.29, 1.82) is 0 Å². The molecule has 0 aliphatic carbocycles. The van der Waals surface area contributed by atoms with E-state index >= 15 is 0 Å². The number of oxime groups is 1. The van der Waals surface area contributed by atoms with Gasteiger partial charge >= 0.3 is 0 Å². The van der Waals surface area contributed by atoms with Crippen LogP contribution >= 0.6 is 0 Å². The van der Waals surface area contributed by atoms with Gasteiger partial charge in [0.1, 0.15) is 31.0 Å². The second-order valence-corrected chi connectivity index (χ2v) is 7.35. The molecule has 0 amide bonds. The molecule has 2 aromatic rings. The van der Waals surface area contributed by atoms with E-state index in [2.05, 4.69) is 12.1 Å². The Bertz CT molecular complexity index is 837. The van der Waals surface area contributed by atoms with E-state index in [9.17, 15) is 0 Å². The topological polar surface area (TPSA) is 49.3 Å². The van der Waals surface area contributed by atoms with Crippen molar-refractivity contribution < 1.29 is 19.0 Å². The Hall–Kier alpha value is -2.95. The molecule has 0 N–H and O–H groups in total. The third-order valence-corrected chi connectivity index (χ3v) is 4.50. The Morgan fingerprint density at radius 1 is 0.967 bits per heavy atom. The molecule has 0 spiro atoms. The molecule has 0 heterocycles. The predicted molar refractivity (Wildman–Crippen MR) is 122 cm³/mol. The molecule has 5 heteroatoms. The zero-order chi connectivity index (χ0) is 21.9. The molecule has 162 valence electrons. The maximum Gasteiger partial charge on any atom is 0.125 e. The molecule has 2 atom stereocenters. The first-order valence-electron chi connectivity index (χ1n) is 10.3. The molecule has 0 aromatic heterocycles. The van der Waals surface area contributed by atoms with Gasteiger partial charge in [0.2, 0.25) is 0 Å². The van der Waals surface area contributed by atoms with Gasteiger partial charge in [-0.3, -0.25) is 0 Å². The van der Waals surface area contributed by atoms with E-state index in [4.69, 9.17) is 19.0 Å². The van der Waals surface area contributed by atoms with Gasteiger partial charge < -0.3 is 19.0 Å². The Morgan fingerprint density at radius 2 is 1.67 bits per heavy atom. The van der Waals surface area contributed by atoms with E-state index in [1.54, 1.807) is 6.21 Å². The van der Waals surface area contributed by atoms with Crippen molar-refractivity contribution in [3.63, 3.8) is 0 Å². The molecule has 0 bridgehead atoms. The largest absolute Gasteiger partial charge is 0.491 e. The number of rotatable bonds is 11. The number of nitrogens with zero attached hydrogens (tertiary/aromatic N) is 1. The van der Waals surface area contributed by atoms with E-state index in [-0.39, 0.29) is 12.2 Å². The van der Waals surface area contributed by atoms with Crippen LogP contribution in [0.25, 0.3) is 0 Å². The van der Waals surface area contributed by atoms with Crippen LogP contribution in [0.15, 0.2) is 53.7 Å². The van der Waals surface area contributed by atoms with Gasteiger partial charge in [0.15, 0.2) is 0 Å². The van der Waals surface area contributed by atoms with E-state index < -0.39 is 0 Å². The SMILES string of the molecule is C/C=C/COc1cc(C)c(OC(C)CC(C)Oc2cccc(C=NOC)c2)c(C)c1. The lowest BCUT2D eigenvalue weighted by Gasteiger charge is -2.22. The number of benzene rings is 2. The Labute approximate surface area is 180 Å². The highest BCUT2D eigenvalue weighted by molar-refractivity contribution is 5.79. The number of ether oxygens (including phenoxy) is 3. The van der Waals surface area contributed by atoms with Crippen LogP contribution in [-0.4, -0.2) is 32.1 Å². The van der Waals surface area contributed by atoms with Crippen molar-refractivity contribution in [1.82, 2.24) is 0 Å². The predicted octanol–water partition coefficient (Wildman–Crippen LogP) is 5.86. The number of allylic oxidation sites excluding steroid dienone is 1. The van der Waals surface area contributed by atoms with Gasteiger partial charge in [0.25, 0.3) is 0 Å². The second kappa shape index (κ2) is 11.9. The summed E-state index contributed by atoms with van der Waals surface area (Å²) >= 11 is 0. The second-order valence-electron chi connectivity index (χ2n) is 7.35. The fraction of sp³-hybridized carbons (Fsp3) is 0.400. The van der Waals surface area contributed by atoms with Crippen molar-refractivity contribution in [2.75, 3.05) is 13.7 Å². The van der Waals surface area contributed by atoms with Gasteiger partial charge in [-0.15, -0.1) is 0 Å². The van der Waals surface area contributed by atoms with Crippen LogP contribution in [0.3, 0.4) is 0 Å². The number of aryl methyl sites for hydroxylation is 2. The lowest BCUT2D eigenvalue weighted by atomic mass is 10.1. The third-order valence-electron chi connectivity index (χ3n) is 4.50. The van der Waals surface area contributed by atoms with Crippen LogP contribution in [0.1, 0.15) is 43.9 Å². The van der Waals surface area contributed by atoms with Gasteiger partial charge in [-0.2, -0.15) is 0 Å². The standard InChI is InChI=1S/C25H33NO4/c1-7-8-12-28-24-13-18(2)25(19(3)14-24)30-21(5)15-20(4)29-23-11-9-10-22(16-23)17-26-27-6/h7-11,13-14,16-17,20-21H,12,15H2,1-6H3/b8-7+,26-17?. The first-order chi connectivity index (χ1) is 14.4. The lowest BCUT2D eigenvalue weighted by molar-refractivity contribution is 0.129. The molecule has 0 aliphatic rings. The fourth-order valence-electron chi connectivity index (χ4n) is 3.20. The molecule has 0 radical (unpaired) electrons. The summed E-state index contributed by atoms with van der Waals surface area (Å²) in [5.74, 6) is 2.56. The molecular weight excluding hydrogens is 378 g/mol. The summed E-state index contributed by atoms with van der Waals surface area (Å²) in [7, 11) is 1.52. The molecule has 0 saturated carbocycles. The monoisotopic (exact) mass is 411 g/mol. The molecule has 0 saturated heterocycles. The van der Waals surface area contributed by atoms with Crippen LogP contribution in [0.4, 0.5) is 0 Å². The van der Waals surface area contributed by atoms with E-state index in [0.29, 0.717) is 6.61 Å². The fourth-order valence-corrected chi connectivity index (χ4v) is 3.20. The quantitative estimate of drug-likeness (QED) is 0.264. The molecule has 2 aromatic carbocycles. The Balaban J connectivity index is 1.95. The Morgan fingerprint density at radius 3 is 2.33 bits per heavy atom. The summed E-state index contributed by atoms with van der Waals surface area (Å²) in [5, 5.41) is 3.79. The Kier molecular flexibility index (Phi) is 9.26. The normalized spacial score (nSPS) is 13.4. The van der Waals surface area contributed by atoms with Crippen LogP contribution < -0.4 is 14.2 Å². The molecule has 2 rings (SSSR count). The van der Waals surface area contributed by atoms with Gasteiger partial charge in [0, 0.05) is 6.42 Å². The molecular formula is C25H33NO4. The summed E-state index contributed by atoms with van der Waals surface area (Å²) in [5.41, 5.74) is 3.06. The summed E-state index contributed by atoms with van der Waals surface area (Å²) < 4.78 is 18.1. The summed E-state index contributed by atoms with van der Waals surface area (Å²) in [6.45, 7) is 10.8. The average Bonchev–Trinajstić information content (AvgIpc) is 2.69. The minimum absolute atomic E-state index is 0.00124. The van der Waals surface area contributed by atoms with Gasteiger partial charge in [-0.05, 0) is 75.6 Å². The van der Waals surface area contributed by atoms with Crippen molar-refractivity contribution in [2.45, 2.75) is 53.2 Å². The van der Waals surface area contributed by atoms with Crippen LogP contribution in [0.5, 0.6) is 17.2 Å². The first kappa shape index (κ1) is 23.3. The maximum absolute atomic E-state index is 6.25. The van der Waals surface area contributed by atoms with Gasteiger partial charge in [0.05, 0.1) is 18.4 Å². The van der Waals surface area contributed by atoms with Gasteiger partial charge in [-0.25, -0.2) is 0 Å². The zero-order valence-corrected chi connectivity index (χ0v) is 18.8. The van der Waals surface area contributed by atoms with E-state index in [1.165, 1.54) is 7.11 Å². The highest BCUT2D eigenvalue weighted by Gasteiger charge is 2.15. The van der Waals surface area contributed by atoms with Gasteiger partial charge in [-0.1, -0.05) is 29.4 Å². The van der Waals surface area contributed by atoms with Crippen molar-refractivity contribution in [3.8, 4) is 17.2 Å².